The quantitative estimate of drug-likeness (QED) is 0.637. The highest BCUT2D eigenvalue weighted by atomic mass is 35.5. The number of rotatable bonds is 3. The third-order valence-electron chi connectivity index (χ3n) is 5.49. The fraction of sp³-hybridized carbons (Fsp3) is 0.389. The number of alkyl halides is 3. The van der Waals surface area contributed by atoms with Crippen molar-refractivity contribution in [3.63, 3.8) is 0 Å². The number of nitrogens with zero attached hydrogens (tertiary/aromatic N) is 5. The minimum absolute atomic E-state index is 0.0235. The number of carbonyl (C=O) groups is 1. The maximum atomic E-state index is 13.0. The molecule has 164 valence electrons. The molecule has 2 unspecified atom stereocenters. The highest BCUT2D eigenvalue weighted by molar-refractivity contribution is 6.33. The van der Waals surface area contributed by atoms with Gasteiger partial charge in [-0.05, 0) is 25.0 Å². The van der Waals surface area contributed by atoms with E-state index in [1.807, 2.05) is 0 Å². The van der Waals surface area contributed by atoms with Gasteiger partial charge < -0.3 is 19.2 Å². The summed E-state index contributed by atoms with van der Waals surface area (Å²) in [6, 6.07) is 2.48. The standard InChI is InChI=1S/C18H15ClF3N5O4/c19-11-6-12(26-5-1-4-23-26)15-13(14(11)31-18(20,21)22)24-16(30-15)25-7-9-2-3-10(8-25)27(9)17(28)29/h1,4-6,9-10H,2-3,7-8H2,(H,28,29). The first kappa shape index (κ1) is 19.8. The Hall–Kier alpha value is -3.15. The fourth-order valence-corrected chi connectivity index (χ4v) is 4.53. The Morgan fingerprint density at radius 3 is 2.58 bits per heavy atom. The lowest BCUT2D eigenvalue weighted by molar-refractivity contribution is -0.274. The molecule has 0 radical (unpaired) electrons. The molecule has 0 spiro atoms. The molecule has 2 saturated heterocycles. The summed E-state index contributed by atoms with van der Waals surface area (Å²) in [7, 11) is 0. The normalized spacial score (nSPS) is 21.2. The summed E-state index contributed by atoms with van der Waals surface area (Å²) in [5.74, 6) is -0.665. The van der Waals surface area contributed by atoms with E-state index in [1.54, 1.807) is 17.2 Å². The lowest BCUT2D eigenvalue weighted by atomic mass is 10.2. The van der Waals surface area contributed by atoms with Crippen molar-refractivity contribution in [2.75, 3.05) is 18.0 Å². The predicted octanol–water partition coefficient (Wildman–Crippen LogP) is 3.90. The second kappa shape index (κ2) is 6.94. The van der Waals surface area contributed by atoms with Crippen LogP contribution < -0.4 is 9.64 Å². The van der Waals surface area contributed by atoms with Crippen LogP contribution in [0, 0.1) is 0 Å². The van der Waals surface area contributed by atoms with Crippen molar-refractivity contribution in [1.82, 2.24) is 19.7 Å². The Balaban J connectivity index is 1.60. The Kier molecular flexibility index (Phi) is 4.43. The first-order valence-electron chi connectivity index (χ1n) is 9.36. The summed E-state index contributed by atoms with van der Waals surface area (Å²) in [6.07, 6.45) is -1.49. The number of ether oxygens (including phenoxy) is 1. The average molecular weight is 458 g/mol. The van der Waals surface area contributed by atoms with Crippen LogP contribution in [0.4, 0.5) is 24.0 Å². The zero-order chi connectivity index (χ0) is 21.9. The number of hydrogen-bond donors (Lipinski definition) is 1. The van der Waals surface area contributed by atoms with Gasteiger partial charge in [-0.1, -0.05) is 11.6 Å². The summed E-state index contributed by atoms with van der Waals surface area (Å²) in [5.41, 5.74) is 0.124. The third-order valence-corrected chi connectivity index (χ3v) is 5.77. The van der Waals surface area contributed by atoms with Gasteiger partial charge in [-0.15, -0.1) is 13.2 Å². The number of aromatic nitrogens is 3. The molecule has 2 fully saturated rings. The first-order chi connectivity index (χ1) is 14.7. The number of amides is 1. The molecule has 13 heteroatoms. The number of halogens is 4. The molecule has 4 heterocycles. The van der Waals surface area contributed by atoms with Crippen LogP contribution in [0.3, 0.4) is 0 Å². The molecule has 2 aliphatic rings. The van der Waals surface area contributed by atoms with Crippen molar-refractivity contribution in [1.29, 1.82) is 0 Å². The second-order valence-electron chi connectivity index (χ2n) is 7.36. The maximum absolute atomic E-state index is 13.0. The largest absolute Gasteiger partial charge is 0.573 e. The molecule has 0 aliphatic carbocycles. The molecule has 1 aromatic carbocycles. The molecule has 5 rings (SSSR count). The number of piperazine rings is 1. The summed E-state index contributed by atoms with van der Waals surface area (Å²) in [5, 5.41) is 13.2. The van der Waals surface area contributed by atoms with Crippen LogP contribution in [0.5, 0.6) is 5.75 Å². The van der Waals surface area contributed by atoms with Crippen LogP contribution in [0.1, 0.15) is 12.8 Å². The van der Waals surface area contributed by atoms with Crippen molar-refractivity contribution in [3.05, 3.63) is 29.5 Å². The van der Waals surface area contributed by atoms with Gasteiger partial charge >= 0.3 is 12.5 Å². The molecule has 0 saturated carbocycles. The molecule has 3 aromatic rings. The zero-order valence-corrected chi connectivity index (χ0v) is 16.5. The molecule has 1 amide bonds. The van der Waals surface area contributed by atoms with Crippen LogP contribution in [-0.2, 0) is 0 Å². The molecular weight excluding hydrogens is 443 g/mol. The second-order valence-corrected chi connectivity index (χ2v) is 7.77. The molecule has 1 N–H and O–H groups in total. The summed E-state index contributed by atoms with van der Waals surface area (Å²) in [4.78, 5) is 18.9. The van der Waals surface area contributed by atoms with E-state index in [2.05, 4.69) is 14.8 Å². The Morgan fingerprint density at radius 2 is 2.00 bits per heavy atom. The van der Waals surface area contributed by atoms with E-state index in [0.29, 0.717) is 31.6 Å². The van der Waals surface area contributed by atoms with Crippen LogP contribution in [0.15, 0.2) is 28.9 Å². The van der Waals surface area contributed by atoms with Gasteiger partial charge in [0.25, 0.3) is 6.01 Å². The topological polar surface area (TPSA) is 96.9 Å². The minimum Gasteiger partial charge on any atom is -0.465 e. The monoisotopic (exact) mass is 457 g/mol. The maximum Gasteiger partial charge on any atom is 0.573 e. The van der Waals surface area contributed by atoms with Crippen LogP contribution >= 0.6 is 11.6 Å². The van der Waals surface area contributed by atoms with E-state index in [4.69, 9.17) is 16.0 Å². The first-order valence-corrected chi connectivity index (χ1v) is 9.74. The Labute approximate surface area is 177 Å². The number of fused-ring (bicyclic) bond motifs is 3. The van der Waals surface area contributed by atoms with Gasteiger partial charge in [-0.25, -0.2) is 9.48 Å². The van der Waals surface area contributed by atoms with Gasteiger partial charge in [-0.2, -0.15) is 10.1 Å². The number of oxazole rings is 1. The molecule has 2 aliphatic heterocycles. The third kappa shape index (κ3) is 3.40. The van der Waals surface area contributed by atoms with Gasteiger partial charge in [0.15, 0.2) is 16.8 Å². The van der Waals surface area contributed by atoms with Crippen LogP contribution in [0.2, 0.25) is 5.02 Å². The highest BCUT2D eigenvalue weighted by Gasteiger charge is 2.44. The van der Waals surface area contributed by atoms with Gasteiger partial charge in [0.2, 0.25) is 0 Å². The van der Waals surface area contributed by atoms with Crippen molar-refractivity contribution in [3.8, 4) is 11.4 Å². The predicted molar refractivity (Wildman–Crippen MR) is 102 cm³/mol. The summed E-state index contributed by atoms with van der Waals surface area (Å²) in [6.45, 7) is 0.631. The van der Waals surface area contributed by atoms with Crippen LogP contribution in [0.25, 0.3) is 16.8 Å². The number of anilines is 1. The van der Waals surface area contributed by atoms with Crippen LogP contribution in [-0.4, -0.2) is 62.4 Å². The highest BCUT2D eigenvalue weighted by Crippen LogP contribution is 2.42. The van der Waals surface area contributed by atoms with E-state index < -0.39 is 18.2 Å². The van der Waals surface area contributed by atoms with E-state index in [-0.39, 0.29) is 34.2 Å². The molecule has 2 atom stereocenters. The van der Waals surface area contributed by atoms with Crippen molar-refractivity contribution >= 4 is 34.8 Å². The molecule has 31 heavy (non-hydrogen) atoms. The smallest absolute Gasteiger partial charge is 0.465 e. The Morgan fingerprint density at radius 1 is 1.29 bits per heavy atom. The Bertz CT molecular complexity index is 1140. The SMILES string of the molecule is O=C(O)N1C2CCC1CN(c1nc3c(OC(F)(F)F)c(Cl)cc(-n4cccn4)c3o1)C2. The fourth-order valence-electron chi connectivity index (χ4n) is 4.30. The minimum atomic E-state index is -4.98. The van der Waals surface area contributed by atoms with E-state index in [1.165, 1.54) is 21.8 Å². The van der Waals surface area contributed by atoms with E-state index >= 15 is 0 Å². The number of benzene rings is 1. The molecule has 2 aromatic heterocycles. The lowest BCUT2D eigenvalue weighted by Crippen LogP contribution is -2.55. The summed E-state index contributed by atoms with van der Waals surface area (Å²) < 4.78 is 50.4. The summed E-state index contributed by atoms with van der Waals surface area (Å²) >= 11 is 6.10. The van der Waals surface area contributed by atoms with Crippen molar-refractivity contribution < 1.29 is 32.2 Å². The van der Waals surface area contributed by atoms with E-state index in [0.717, 1.165) is 0 Å². The molecule has 2 bridgehead atoms. The zero-order valence-electron chi connectivity index (χ0n) is 15.7. The van der Waals surface area contributed by atoms with Gasteiger partial charge in [0.05, 0.1) is 17.1 Å². The van der Waals surface area contributed by atoms with Gasteiger partial charge in [0.1, 0.15) is 5.69 Å². The van der Waals surface area contributed by atoms with E-state index in [9.17, 15) is 23.1 Å². The average Bonchev–Trinajstić information content (AvgIpc) is 3.41. The number of hydrogen-bond acceptors (Lipinski definition) is 6. The lowest BCUT2D eigenvalue weighted by Gasteiger charge is -2.38. The molecular formula is C18H15ClF3N5O4. The molecule has 9 nitrogen and oxygen atoms in total. The number of carboxylic acid groups (broad SMARTS) is 1. The van der Waals surface area contributed by atoms with Gasteiger partial charge in [-0.3, -0.25) is 4.90 Å². The van der Waals surface area contributed by atoms with Crippen molar-refractivity contribution in [2.45, 2.75) is 31.3 Å². The van der Waals surface area contributed by atoms with Gasteiger partial charge in [0, 0.05) is 25.5 Å². The van der Waals surface area contributed by atoms with Crippen molar-refractivity contribution in [2.24, 2.45) is 0 Å².